The van der Waals surface area contributed by atoms with Crippen molar-refractivity contribution in [3.8, 4) is 11.4 Å². The second kappa shape index (κ2) is 12.2. The Kier molecular flexibility index (Phi) is 8.90. The summed E-state index contributed by atoms with van der Waals surface area (Å²) in [5.41, 5.74) is 4.39. The van der Waals surface area contributed by atoms with Crippen LogP contribution in [-0.4, -0.2) is 51.7 Å². The van der Waals surface area contributed by atoms with Crippen molar-refractivity contribution in [1.82, 2.24) is 19.6 Å². The summed E-state index contributed by atoms with van der Waals surface area (Å²) in [4.78, 5) is 17.3. The number of aromatic nitrogens is 2. The zero-order valence-corrected chi connectivity index (χ0v) is 25.5. The smallest absolute Gasteiger partial charge is 0.289 e. The molecule has 2 aromatic carbocycles. The molecule has 1 aliphatic rings. The molecule has 2 aromatic heterocycles. The van der Waals surface area contributed by atoms with Gasteiger partial charge in [-0.25, -0.2) is 4.68 Å². The zero-order valence-electron chi connectivity index (χ0n) is 21.7. The molecule has 0 N–H and O–H groups in total. The molecule has 0 saturated carbocycles. The number of nitrogens with zero attached hydrogens (tertiary/aromatic N) is 4. The number of amides is 1. The van der Waals surface area contributed by atoms with Gasteiger partial charge in [-0.2, -0.15) is 5.10 Å². The average Bonchev–Trinajstić information content (AvgIpc) is 3.56. The molecule has 0 radical (unpaired) electrons. The molecule has 0 aliphatic carbocycles. The highest BCUT2D eigenvalue weighted by molar-refractivity contribution is 6.55. The lowest BCUT2D eigenvalue weighted by Gasteiger charge is -2.34. The fourth-order valence-electron chi connectivity index (χ4n) is 4.64. The van der Waals surface area contributed by atoms with Crippen molar-refractivity contribution in [2.24, 2.45) is 0 Å². The number of ether oxygens (including phenoxy) is 1. The van der Waals surface area contributed by atoms with E-state index in [4.69, 9.17) is 72.3 Å². The highest BCUT2D eigenvalue weighted by Gasteiger charge is 2.26. The number of benzene rings is 2. The summed E-state index contributed by atoms with van der Waals surface area (Å²) in [5.74, 6) is 0.552. The molecule has 0 atom stereocenters. The minimum atomic E-state index is -0.177. The normalized spacial score (nSPS) is 14.1. The van der Waals surface area contributed by atoms with Crippen molar-refractivity contribution in [2.75, 3.05) is 26.2 Å². The van der Waals surface area contributed by atoms with E-state index >= 15 is 0 Å². The number of rotatable bonds is 7. The van der Waals surface area contributed by atoms with E-state index in [1.807, 2.05) is 41.9 Å². The van der Waals surface area contributed by atoms with Crippen LogP contribution in [0.3, 0.4) is 0 Å². The van der Waals surface area contributed by atoms with Crippen LogP contribution in [0.4, 0.5) is 0 Å². The van der Waals surface area contributed by atoms with Crippen molar-refractivity contribution >= 4 is 63.9 Å². The Bertz CT molecular complexity index is 1520. The number of para-hydroxylation sites is 1. The standard InChI is InChI=1S/C28H25Cl5N4O3/c1-16-20(17(2)37(34-16)18-6-4-3-5-7-18)14-35-10-12-36(13-11-35)28(38)21-9-8-19(40-21)15-39-27-25(32)23(30)22(29)24(31)26(27)33/h3-9H,10-15H2,1-2H3. The summed E-state index contributed by atoms with van der Waals surface area (Å²) < 4.78 is 13.5. The number of carbonyl (C=O) groups is 1. The van der Waals surface area contributed by atoms with Crippen LogP contribution in [0.15, 0.2) is 46.9 Å². The number of aryl methyl sites for hydroxylation is 1. The molecule has 0 spiro atoms. The number of hydrogen-bond donors (Lipinski definition) is 0. The van der Waals surface area contributed by atoms with E-state index < -0.39 is 0 Å². The van der Waals surface area contributed by atoms with Gasteiger partial charge in [-0.1, -0.05) is 76.2 Å². The lowest BCUT2D eigenvalue weighted by Crippen LogP contribution is -2.48. The van der Waals surface area contributed by atoms with Gasteiger partial charge in [-0.3, -0.25) is 9.69 Å². The molecule has 210 valence electrons. The molecule has 0 bridgehead atoms. The maximum Gasteiger partial charge on any atom is 0.289 e. The monoisotopic (exact) mass is 640 g/mol. The van der Waals surface area contributed by atoms with E-state index in [9.17, 15) is 4.79 Å². The van der Waals surface area contributed by atoms with Gasteiger partial charge in [0.25, 0.3) is 5.91 Å². The van der Waals surface area contributed by atoms with Gasteiger partial charge < -0.3 is 14.1 Å². The maximum absolute atomic E-state index is 13.1. The van der Waals surface area contributed by atoms with Gasteiger partial charge in [0, 0.05) is 44.0 Å². The minimum Gasteiger partial charge on any atom is -0.482 e. The van der Waals surface area contributed by atoms with Crippen molar-refractivity contribution in [3.63, 3.8) is 0 Å². The molecular formula is C28H25Cl5N4O3. The molecule has 1 fully saturated rings. The molecule has 5 rings (SSSR count). The van der Waals surface area contributed by atoms with Gasteiger partial charge in [0.1, 0.15) is 22.4 Å². The van der Waals surface area contributed by atoms with Crippen LogP contribution in [0.5, 0.6) is 5.75 Å². The Labute approximate surface area is 257 Å². The highest BCUT2D eigenvalue weighted by atomic mass is 35.5. The predicted molar refractivity (Wildman–Crippen MR) is 159 cm³/mol. The van der Waals surface area contributed by atoms with Crippen molar-refractivity contribution in [1.29, 1.82) is 0 Å². The fourth-order valence-corrected chi connectivity index (χ4v) is 5.87. The molecule has 1 amide bonds. The van der Waals surface area contributed by atoms with Crippen LogP contribution < -0.4 is 4.74 Å². The Morgan fingerprint density at radius 1 is 0.875 bits per heavy atom. The molecule has 0 unspecified atom stereocenters. The summed E-state index contributed by atoms with van der Waals surface area (Å²) in [7, 11) is 0. The van der Waals surface area contributed by atoms with Crippen molar-refractivity contribution in [3.05, 3.63) is 96.0 Å². The first-order valence-electron chi connectivity index (χ1n) is 12.5. The van der Waals surface area contributed by atoms with E-state index in [1.165, 1.54) is 5.56 Å². The quantitative estimate of drug-likeness (QED) is 0.152. The van der Waals surface area contributed by atoms with E-state index in [2.05, 4.69) is 11.8 Å². The van der Waals surface area contributed by atoms with Gasteiger partial charge in [-0.15, -0.1) is 0 Å². The fraction of sp³-hybridized carbons (Fsp3) is 0.286. The molecule has 4 aromatic rings. The number of carbonyl (C=O) groups excluding carboxylic acids is 1. The second-order valence-corrected chi connectivity index (χ2v) is 11.3. The van der Waals surface area contributed by atoms with Gasteiger partial charge in [0.05, 0.1) is 26.4 Å². The Hall–Kier alpha value is -2.39. The largest absolute Gasteiger partial charge is 0.482 e. The third-order valence-electron chi connectivity index (χ3n) is 6.88. The average molecular weight is 643 g/mol. The van der Waals surface area contributed by atoms with Gasteiger partial charge in [0.2, 0.25) is 0 Å². The third kappa shape index (κ3) is 5.82. The molecule has 40 heavy (non-hydrogen) atoms. The van der Waals surface area contributed by atoms with Crippen LogP contribution in [0, 0.1) is 13.8 Å². The van der Waals surface area contributed by atoms with Crippen molar-refractivity contribution in [2.45, 2.75) is 27.0 Å². The third-order valence-corrected chi connectivity index (χ3v) is 9.13. The molecule has 1 aliphatic heterocycles. The second-order valence-electron chi connectivity index (χ2n) is 9.42. The SMILES string of the molecule is Cc1nn(-c2ccccc2)c(C)c1CN1CCN(C(=O)c2ccc(COc3c(Cl)c(Cl)c(Cl)c(Cl)c3Cl)o2)CC1. The minimum absolute atomic E-state index is 0.0375. The lowest BCUT2D eigenvalue weighted by atomic mass is 10.1. The molecule has 1 saturated heterocycles. The number of hydrogen-bond acceptors (Lipinski definition) is 5. The molecule has 7 nitrogen and oxygen atoms in total. The number of furan rings is 1. The van der Waals surface area contributed by atoms with Gasteiger partial charge >= 0.3 is 0 Å². The predicted octanol–water partition coefficient (Wildman–Crippen LogP) is 7.89. The lowest BCUT2D eigenvalue weighted by molar-refractivity contribution is 0.0593. The summed E-state index contributed by atoms with van der Waals surface area (Å²) in [6, 6.07) is 13.4. The molecular weight excluding hydrogens is 618 g/mol. The Morgan fingerprint density at radius 2 is 1.50 bits per heavy atom. The zero-order chi connectivity index (χ0) is 28.6. The van der Waals surface area contributed by atoms with E-state index in [-0.39, 0.29) is 49.1 Å². The number of piperazine rings is 1. The summed E-state index contributed by atoms with van der Waals surface area (Å²) in [6.07, 6.45) is 0. The summed E-state index contributed by atoms with van der Waals surface area (Å²) in [5, 5.41) is 4.96. The molecule has 12 heteroatoms. The van der Waals surface area contributed by atoms with Crippen LogP contribution >= 0.6 is 58.0 Å². The maximum atomic E-state index is 13.1. The van der Waals surface area contributed by atoms with Gasteiger partial charge in [0.15, 0.2) is 11.5 Å². The summed E-state index contributed by atoms with van der Waals surface area (Å²) >= 11 is 30.7. The van der Waals surface area contributed by atoms with E-state index in [0.29, 0.717) is 18.8 Å². The summed E-state index contributed by atoms with van der Waals surface area (Å²) in [6.45, 7) is 7.53. The first-order valence-corrected chi connectivity index (χ1v) is 14.4. The first-order chi connectivity index (χ1) is 19.2. The van der Waals surface area contributed by atoms with Crippen LogP contribution in [0.25, 0.3) is 5.69 Å². The first kappa shape index (κ1) is 29.1. The van der Waals surface area contributed by atoms with E-state index in [1.54, 1.807) is 17.0 Å². The van der Waals surface area contributed by atoms with Crippen LogP contribution in [0.2, 0.25) is 25.1 Å². The Morgan fingerprint density at radius 3 is 2.15 bits per heavy atom. The number of halogens is 5. The topological polar surface area (TPSA) is 63.7 Å². The highest BCUT2D eigenvalue weighted by Crippen LogP contribution is 2.48. The van der Waals surface area contributed by atoms with Crippen LogP contribution in [-0.2, 0) is 13.2 Å². The van der Waals surface area contributed by atoms with Gasteiger partial charge in [-0.05, 0) is 38.1 Å². The van der Waals surface area contributed by atoms with Crippen LogP contribution in [0.1, 0.15) is 33.3 Å². The molecule has 3 heterocycles. The van der Waals surface area contributed by atoms with E-state index in [0.717, 1.165) is 36.7 Å². The van der Waals surface area contributed by atoms with Crippen molar-refractivity contribution < 1.29 is 13.9 Å². The Balaban J connectivity index is 1.18.